The van der Waals surface area contributed by atoms with Crippen molar-refractivity contribution in [2.75, 3.05) is 17.7 Å². The molecule has 0 fully saturated rings. The molecular weight excluding hydrogens is 366 g/mol. The molecule has 0 unspecified atom stereocenters. The highest BCUT2D eigenvalue weighted by Crippen LogP contribution is 2.26. The number of rotatable bonds is 11. The second-order valence-corrected chi connectivity index (χ2v) is 7.96. The Morgan fingerprint density at radius 3 is 2.85 bits per heavy atom. The third kappa shape index (κ3) is 7.17. The van der Waals surface area contributed by atoms with E-state index in [2.05, 4.69) is 29.4 Å². The molecule has 0 aliphatic carbocycles. The van der Waals surface area contributed by atoms with Gasteiger partial charge < -0.3 is 4.74 Å². The molecule has 0 saturated heterocycles. The molecule has 1 aromatic heterocycles. The molecule has 7 heteroatoms. The summed E-state index contributed by atoms with van der Waals surface area (Å²) in [5, 5.41) is 11.4. The highest BCUT2D eigenvalue weighted by molar-refractivity contribution is 8.01. The van der Waals surface area contributed by atoms with Crippen LogP contribution in [0.1, 0.15) is 45.1 Å². The Hall–Kier alpha value is -1.86. The first kappa shape index (κ1) is 20.5. The summed E-state index contributed by atoms with van der Waals surface area (Å²) < 4.78 is 6.65. The van der Waals surface area contributed by atoms with Crippen molar-refractivity contribution < 1.29 is 9.53 Å². The zero-order chi connectivity index (χ0) is 18.6. The number of benzene rings is 1. The molecule has 0 aliphatic rings. The van der Waals surface area contributed by atoms with E-state index in [1.807, 2.05) is 24.3 Å². The monoisotopic (exact) mass is 391 g/mol. The van der Waals surface area contributed by atoms with Gasteiger partial charge in [-0.3, -0.25) is 10.1 Å². The molecule has 0 radical (unpaired) electrons. The van der Waals surface area contributed by atoms with Crippen LogP contribution in [0.25, 0.3) is 6.08 Å². The largest absolute Gasteiger partial charge is 0.493 e. The number of amides is 1. The SMILES string of the molecule is CCCCOc1ccccc1/C=C/C(=O)Nc1nnc(SCCCC)s1. The number of hydrogen-bond donors (Lipinski definition) is 1. The number of thioether (sulfide) groups is 1. The van der Waals surface area contributed by atoms with Crippen molar-refractivity contribution in [1.29, 1.82) is 0 Å². The zero-order valence-corrected chi connectivity index (χ0v) is 16.9. The molecular formula is C19H25N3O2S2. The third-order valence-corrected chi connectivity index (χ3v) is 5.51. The van der Waals surface area contributed by atoms with Crippen LogP contribution in [0.5, 0.6) is 5.75 Å². The summed E-state index contributed by atoms with van der Waals surface area (Å²) in [6.07, 6.45) is 7.65. The maximum absolute atomic E-state index is 12.1. The average molecular weight is 392 g/mol. The van der Waals surface area contributed by atoms with Gasteiger partial charge in [0.25, 0.3) is 0 Å². The van der Waals surface area contributed by atoms with Crippen molar-refractivity contribution in [3.8, 4) is 5.75 Å². The average Bonchev–Trinajstić information content (AvgIpc) is 3.08. The summed E-state index contributed by atoms with van der Waals surface area (Å²) in [7, 11) is 0. The molecule has 140 valence electrons. The van der Waals surface area contributed by atoms with Crippen LogP contribution < -0.4 is 10.1 Å². The fourth-order valence-corrected chi connectivity index (χ4v) is 3.92. The zero-order valence-electron chi connectivity index (χ0n) is 15.2. The minimum absolute atomic E-state index is 0.227. The summed E-state index contributed by atoms with van der Waals surface area (Å²) in [6.45, 7) is 4.96. The van der Waals surface area contributed by atoms with Gasteiger partial charge in [0.1, 0.15) is 5.75 Å². The molecule has 2 aromatic rings. The van der Waals surface area contributed by atoms with E-state index >= 15 is 0 Å². The number of hydrogen-bond acceptors (Lipinski definition) is 6. The van der Waals surface area contributed by atoms with E-state index in [0.29, 0.717) is 11.7 Å². The number of nitrogens with one attached hydrogen (secondary N) is 1. The minimum Gasteiger partial charge on any atom is -0.493 e. The maximum atomic E-state index is 12.1. The van der Waals surface area contributed by atoms with Gasteiger partial charge >= 0.3 is 0 Å². The van der Waals surface area contributed by atoms with E-state index < -0.39 is 0 Å². The molecule has 26 heavy (non-hydrogen) atoms. The molecule has 1 aromatic carbocycles. The van der Waals surface area contributed by atoms with Crippen molar-refractivity contribution in [3.05, 3.63) is 35.9 Å². The summed E-state index contributed by atoms with van der Waals surface area (Å²) in [5.41, 5.74) is 0.881. The minimum atomic E-state index is -0.227. The van der Waals surface area contributed by atoms with Gasteiger partial charge in [-0.1, -0.05) is 68.0 Å². The summed E-state index contributed by atoms with van der Waals surface area (Å²) >= 11 is 3.07. The second-order valence-electron chi connectivity index (χ2n) is 5.64. The topological polar surface area (TPSA) is 64.1 Å². The smallest absolute Gasteiger partial charge is 0.250 e. The van der Waals surface area contributed by atoms with Gasteiger partial charge in [-0.15, -0.1) is 10.2 Å². The Kier molecular flexibility index (Phi) is 9.20. The van der Waals surface area contributed by atoms with Crippen molar-refractivity contribution >= 4 is 40.2 Å². The molecule has 0 bridgehead atoms. The fraction of sp³-hybridized carbons (Fsp3) is 0.421. The normalized spacial score (nSPS) is 11.0. The van der Waals surface area contributed by atoms with E-state index in [1.54, 1.807) is 17.8 Å². The first-order valence-corrected chi connectivity index (χ1v) is 10.7. The quantitative estimate of drug-likeness (QED) is 0.245. The molecule has 0 atom stereocenters. The van der Waals surface area contributed by atoms with Gasteiger partial charge in [-0.2, -0.15) is 0 Å². The summed E-state index contributed by atoms with van der Waals surface area (Å²) in [5.74, 6) is 1.58. The van der Waals surface area contributed by atoms with Crippen molar-refractivity contribution in [1.82, 2.24) is 10.2 Å². The Balaban J connectivity index is 1.89. The second kappa shape index (κ2) is 11.7. The molecule has 0 aliphatic heterocycles. The summed E-state index contributed by atoms with van der Waals surface area (Å²) in [4.78, 5) is 12.1. The highest BCUT2D eigenvalue weighted by Gasteiger charge is 2.07. The van der Waals surface area contributed by atoms with Gasteiger partial charge in [0.2, 0.25) is 11.0 Å². The molecule has 1 N–H and O–H groups in total. The van der Waals surface area contributed by atoms with Crippen molar-refractivity contribution in [2.45, 2.75) is 43.9 Å². The van der Waals surface area contributed by atoms with Gasteiger partial charge in [0, 0.05) is 17.4 Å². The number of carbonyl (C=O) groups excluding carboxylic acids is 1. The number of para-hydroxylation sites is 1. The van der Waals surface area contributed by atoms with Gasteiger partial charge in [-0.25, -0.2) is 0 Å². The Morgan fingerprint density at radius 1 is 1.23 bits per heavy atom. The van der Waals surface area contributed by atoms with Crippen LogP contribution in [-0.4, -0.2) is 28.5 Å². The van der Waals surface area contributed by atoms with E-state index in [-0.39, 0.29) is 5.91 Å². The lowest BCUT2D eigenvalue weighted by Gasteiger charge is -2.08. The lowest BCUT2D eigenvalue weighted by molar-refractivity contribution is -0.111. The maximum Gasteiger partial charge on any atom is 0.250 e. The molecule has 5 nitrogen and oxygen atoms in total. The number of ether oxygens (including phenoxy) is 1. The van der Waals surface area contributed by atoms with Crippen molar-refractivity contribution in [3.63, 3.8) is 0 Å². The van der Waals surface area contributed by atoms with Gasteiger partial charge in [-0.05, 0) is 25.0 Å². The van der Waals surface area contributed by atoms with Crippen LogP contribution in [0.15, 0.2) is 34.7 Å². The number of aromatic nitrogens is 2. The number of unbranched alkanes of at least 4 members (excludes halogenated alkanes) is 2. The van der Waals surface area contributed by atoms with Crippen LogP contribution in [0.4, 0.5) is 5.13 Å². The van der Waals surface area contributed by atoms with Gasteiger partial charge in [0.15, 0.2) is 4.34 Å². The van der Waals surface area contributed by atoms with Crippen molar-refractivity contribution in [2.24, 2.45) is 0 Å². The number of anilines is 1. The standard InChI is InChI=1S/C19H25N3O2S2/c1-3-5-13-24-16-10-8-7-9-15(16)11-12-17(23)20-18-21-22-19(26-18)25-14-6-4-2/h7-12H,3-6,13-14H2,1-2H3,(H,20,21,23)/b12-11+. The molecule has 1 amide bonds. The third-order valence-electron chi connectivity index (χ3n) is 3.45. The van der Waals surface area contributed by atoms with Crippen LogP contribution in [0.3, 0.4) is 0 Å². The van der Waals surface area contributed by atoms with Crippen LogP contribution in [-0.2, 0) is 4.79 Å². The number of carbonyl (C=O) groups is 1. The van der Waals surface area contributed by atoms with Crippen LogP contribution in [0, 0.1) is 0 Å². The first-order valence-electron chi connectivity index (χ1n) is 8.90. The Morgan fingerprint density at radius 2 is 2.04 bits per heavy atom. The van der Waals surface area contributed by atoms with E-state index in [0.717, 1.165) is 47.1 Å². The Labute approximate surface area is 163 Å². The number of nitrogens with zero attached hydrogens (tertiary/aromatic N) is 2. The van der Waals surface area contributed by atoms with E-state index in [4.69, 9.17) is 4.74 Å². The molecule has 1 heterocycles. The van der Waals surface area contributed by atoms with E-state index in [9.17, 15) is 4.79 Å². The predicted octanol–water partition coefficient (Wildman–Crippen LogP) is 5.26. The lowest BCUT2D eigenvalue weighted by atomic mass is 10.2. The molecule has 0 spiro atoms. The predicted molar refractivity (Wildman–Crippen MR) is 110 cm³/mol. The highest BCUT2D eigenvalue weighted by atomic mass is 32.2. The molecule has 2 rings (SSSR count). The van der Waals surface area contributed by atoms with Crippen LogP contribution in [0.2, 0.25) is 0 Å². The summed E-state index contributed by atoms with van der Waals surface area (Å²) in [6, 6.07) is 7.70. The first-order chi connectivity index (χ1) is 12.7. The Bertz CT molecular complexity index is 716. The molecule has 0 saturated carbocycles. The lowest BCUT2D eigenvalue weighted by Crippen LogP contribution is -2.07. The van der Waals surface area contributed by atoms with Crippen LogP contribution >= 0.6 is 23.1 Å². The van der Waals surface area contributed by atoms with Gasteiger partial charge in [0.05, 0.1) is 6.61 Å². The van der Waals surface area contributed by atoms with E-state index in [1.165, 1.54) is 17.4 Å². The fourth-order valence-electron chi connectivity index (χ4n) is 2.01.